The van der Waals surface area contributed by atoms with E-state index in [1.807, 2.05) is 6.07 Å². The molecule has 0 aliphatic rings. The number of hydrogen-bond acceptors (Lipinski definition) is 6. The van der Waals surface area contributed by atoms with Crippen LogP contribution in [0.3, 0.4) is 0 Å². The van der Waals surface area contributed by atoms with Crippen molar-refractivity contribution in [1.29, 1.82) is 0 Å². The second kappa shape index (κ2) is 10.6. The molecule has 0 aliphatic carbocycles. The fraction of sp³-hybridized carbons (Fsp3) is 0.238. The van der Waals surface area contributed by atoms with E-state index in [1.54, 1.807) is 37.3 Å². The number of oxime groups is 1. The van der Waals surface area contributed by atoms with E-state index < -0.39 is 12.1 Å². The molecule has 0 N–H and O–H groups in total. The van der Waals surface area contributed by atoms with Crippen LogP contribution < -0.4 is 9.47 Å². The molecule has 1 atom stereocenters. The number of esters is 1. The lowest BCUT2D eigenvalue weighted by Crippen LogP contribution is -2.19. The van der Waals surface area contributed by atoms with Crippen molar-refractivity contribution in [3.8, 4) is 23.8 Å². The zero-order valence-electron chi connectivity index (χ0n) is 16.1. The largest absolute Gasteiger partial charge is 0.489 e. The van der Waals surface area contributed by atoms with E-state index in [1.165, 1.54) is 14.2 Å². The van der Waals surface area contributed by atoms with Gasteiger partial charge < -0.3 is 19.0 Å². The first kappa shape index (κ1) is 22.4. The smallest absolute Gasteiger partial charge is 0.360 e. The Morgan fingerprint density at radius 3 is 2.45 bits per heavy atom. The Balaban J connectivity index is 2.26. The van der Waals surface area contributed by atoms with Crippen LogP contribution in [0.25, 0.3) is 0 Å². The predicted molar refractivity (Wildman–Crippen MR) is 112 cm³/mol. The first-order chi connectivity index (χ1) is 13.9. The third-order valence-corrected chi connectivity index (χ3v) is 4.29. The molecule has 0 spiro atoms. The quantitative estimate of drug-likeness (QED) is 0.264. The van der Waals surface area contributed by atoms with E-state index >= 15 is 0 Å². The van der Waals surface area contributed by atoms with Crippen LogP contribution in [0.5, 0.6) is 11.5 Å². The summed E-state index contributed by atoms with van der Waals surface area (Å²) in [5.74, 6) is 2.51. The van der Waals surface area contributed by atoms with Crippen molar-refractivity contribution in [3.63, 3.8) is 0 Å². The maximum absolute atomic E-state index is 12.0. The molecule has 0 saturated carbocycles. The first-order valence-corrected chi connectivity index (χ1v) is 9.19. The van der Waals surface area contributed by atoms with E-state index in [0.29, 0.717) is 16.9 Å². The number of terminal acetylenes is 1. The third-order valence-electron chi connectivity index (χ3n) is 3.73. The standard InChI is InChI=1S/C21H19Cl2NO5/c1-5-13(2)29-20-17(22)10-15(11-18(20)23)28-12-14-8-6-7-9-16(14)19(24-27-4)21(25)26-3/h1,6-11,13H,12H2,2-4H3. The number of carbonyl (C=O) groups excluding carboxylic acids is 1. The van der Waals surface area contributed by atoms with Crippen LogP contribution >= 0.6 is 23.2 Å². The molecule has 0 heterocycles. The Morgan fingerprint density at radius 2 is 1.86 bits per heavy atom. The lowest BCUT2D eigenvalue weighted by molar-refractivity contribution is -0.132. The van der Waals surface area contributed by atoms with Crippen LogP contribution in [-0.4, -0.2) is 32.0 Å². The summed E-state index contributed by atoms with van der Waals surface area (Å²) in [6, 6.07) is 10.2. The van der Waals surface area contributed by atoms with E-state index in [-0.39, 0.29) is 28.1 Å². The number of nitrogens with zero attached hydrogens (tertiary/aromatic N) is 1. The molecule has 0 fully saturated rings. The average molecular weight is 436 g/mol. The number of hydrogen-bond donors (Lipinski definition) is 0. The zero-order chi connectivity index (χ0) is 21.4. The summed E-state index contributed by atoms with van der Waals surface area (Å²) in [5.41, 5.74) is 1.22. The van der Waals surface area contributed by atoms with Crippen molar-refractivity contribution in [2.45, 2.75) is 19.6 Å². The summed E-state index contributed by atoms with van der Waals surface area (Å²) in [7, 11) is 2.61. The molecule has 2 aromatic carbocycles. The lowest BCUT2D eigenvalue weighted by Gasteiger charge is -2.15. The van der Waals surface area contributed by atoms with Gasteiger partial charge in [0.25, 0.3) is 0 Å². The van der Waals surface area contributed by atoms with E-state index in [0.717, 1.165) is 0 Å². The zero-order valence-corrected chi connectivity index (χ0v) is 17.6. The molecular weight excluding hydrogens is 417 g/mol. The van der Waals surface area contributed by atoms with E-state index in [4.69, 9.17) is 48.7 Å². The second-order valence-corrected chi connectivity index (χ2v) is 6.52. The highest BCUT2D eigenvalue weighted by atomic mass is 35.5. The fourth-order valence-electron chi connectivity index (χ4n) is 2.37. The van der Waals surface area contributed by atoms with Gasteiger partial charge in [0.2, 0.25) is 0 Å². The summed E-state index contributed by atoms with van der Waals surface area (Å²) < 4.78 is 16.1. The van der Waals surface area contributed by atoms with Crippen LogP contribution in [0.2, 0.25) is 10.0 Å². The molecule has 0 aliphatic heterocycles. The Bertz CT molecular complexity index is 929. The minimum atomic E-state index is -0.630. The number of halogens is 2. The number of ether oxygens (including phenoxy) is 3. The third kappa shape index (κ3) is 5.80. The van der Waals surface area contributed by atoms with Crippen molar-refractivity contribution in [2.24, 2.45) is 5.16 Å². The number of carbonyl (C=O) groups is 1. The predicted octanol–water partition coefficient (Wildman–Crippen LogP) is 4.50. The summed E-state index contributed by atoms with van der Waals surface area (Å²) in [6.07, 6.45) is 4.83. The molecule has 2 aromatic rings. The van der Waals surface area contributed by atoms with Gasteiger partial charge in [-0.2, -0.15) is 0 Å². The maximum Gasteiger partial charge on any atom is 0.360 e. The molecule has 6 nitrogen and oxygen atoms in total. The van der Waals surface area contributed by atoms with Crippen molar-refractivity contribution in [3.05, 3.63) is 57.6 Å². The van der Waals surface area contributed by atoms with E-state index in [2.05, 4.69) is 11.1 Å². The molecule has 152 valence electrons. The van der Waals surface area contributed by atoms with Gasteiger partial charge in [-0.05, 0) is 12.5 Å². The first-order valence-electron chi connectivity index (χ1n) is 8.43. The highest BCUT2D eigenvalue weighted by Crippen LogP contribution is 2.37. The molecule has 1 unspecified atom stereocenters. The van der Waals surface area contributed by atoms with Gasteiger partial charge in [0.1, 0.15) is 19.5 Å². The van der Waals surface area contributed by atoms with Crippen molar-refractivity contribution >= 4 is 34.9 Å². The second-order valence-electron chi connectivity index (χ2n) is 5.70. The van der Waals surface area contributed by atoms with Gasteiger partial charge in [-0.15, -0.1) is 6.42 Å². The molecule has 0 amide bonds. The van der Waals surface area contributed by atoms with Crippen LogP contribution in [0.1, 0.15) is 18.1 Å². The summed E-state index contributed by atoms with van der Waals surface area (Å²) in [5, 5.41) is 4.29. The molecule has 0 saturated heterocycles. The Hall–Kier alpha value is -2.88. The van der Waals surface area contributed by atoms with Crippen molar-refractivity contribution in [2.75, 3.05) is 14.2 Å². The number of benzene rings is 2. The van der Waals surface area contributed by atoms with Gasteiger partial charge in [-0.25, -0.2) is 4.79 Å². The minimum Gasteiger partial charge on any atom is -0.489 e. The topological polar surface area (TPSA) is 66.3 Å². The summed E-state index contributed by atoms with van der Waals surface area (Å²) >= 11 is 12.5. The Kier molecular flexibility index (Phi) is 8.20. The number of methoxy groups -OCH3 is 1. The normalized spacial score (nSPS) is 11.9. The average Bonchev–Trinajstić information content (AvgIpc) is 2.72. The van der Waals surface area contributed by atoms with Crippen LogP contribution in [-0.2, 0) is 21.0 Å². The van der Waals surface area contributed by atoms with Gasteiger partial charge in [0.05, 0.1) is 17.2 Å². The number of rotatable bonds is 8. The molecule has 29 heavy (non-hydrogen) atoms. The van der Waals surface area contributed by atoms with Gasteiger partial charge in [0, 0.05) is 17.7 Å². The highest BCUT2D eigenvalue weighted by molar-refractivity contribution is 6.43. The van der Waals surface area contributed by atoms with Gasteiger partial charge in [-0.1, -0.05) is 58.5 Å². The molecule has 0 aromatic heterocycles. The molecule has 8 heteroatoms. The lowest BCUT2D eigenvalue weighted by atomic mass is 10.0. The highest BCUT2D eigenvalue weighted by Gasteiger charge is 2.19. The van der Waals surface area contributed by atoms with Crippen LogP contribution in [0.4, 0.5) is 0 Å². The fourth-order valence-corrected chi connectivity index (χ4v) is 2.92. The molecule has 0 bridgehead atoms. The minimum absolute atomic E-state index is 0.0253. The van der Waals surface area contributed by atoms with Gasteiger partial charge >= 0.3 is 5.97 Å². The van der Waals surface area contributed by atoms with Crippen molar-refractivity contribution < 1.29 is 23.8 Å². The summed E-state index contributed by atoms with van der Waals surface area (Å²) in [6.45, 7) is 1.82. The van der Waals surface area contributed by atoms with Crippen LogP contribution in [0, 0.1) is 12.3 Å². The molecular formula is C21H19Cl2NO5. The maximum atomic E-state index is 12.0. The van der Waals surface area contributed by atoms with Crippen molar-refractivity contribution in [1.82, 2.24) is 0 Å². The Morgan fingerprint density at radius 1 is 1.21 bits per heavy atom. The SMILES string of the molecule is C#CC(C)Oc1c(Cl)cc(OCc2ccccc2C(=NOC)C(=O)OC)cc1Cl. The molecule has 2 rings (SSSR count). The Labute approximate surface area is 179 Å². The summed E-state index contributed by atoms with van der Waals surface area (Å²) in [4.78, 5) is 16.8. The van der Waals surface area contributed by atoms with Gasteiger partial charge in [0.15, 0.2) is 17.6 Å². The monoisotopic (exact) mass is 435 g/mol. The van der Waals surface area contributed by atoms with E-state index in [9.17, 15) is 4.79 Å². The van der Waals surface area contributed by atoms with Crippen LogP contribution in [0.15, 0.2) is 41.6 Å². The van der Waals surface area contributed by atoms with Gasteiger partial charge in [-0.3, -0.25) is 0 Å². The molecule has 0 radical (unpaired) electrons.